The summed E-state index contributed by atoms with van der Waals surface area (Å²) < 4.78 is 0. The van der Waals surface area contributed by atoms with Crippen molar-refractivity contribution in [2.24, 2.45) is 5.73 Å². The number of nitrogens with zero attached hydrogens (tertiary/aromatic N) is 1. The number of hydrogen-bond acceptors (Lipinski definition) is 3. The van der Waals surface area contributed by atoms with Crippen molar-refractivity contribution >= 4 is 5.82 Å². The highest BCUT2D eigenvalue weighted by Crippen LogP contribution is 2.05. The van der Waals surface area contributed by atoms with Gasteiger partial charge in [0.2, 0.25) is 0 Å². The van der Waals surface area contributed by atoms with E-state index in [1.54, 1.807) is 6.20 Å². The number of nitrogens with one attached hydrogen (secondary N) is 1. The number of aromatic nitrogens is 1. The van der Waals surface area contributed by atoms with Gasteiger partial charge in [-0.1, -0.05) is 6.92 Å². The summed E-state index contributed by atoms with van der Waals surface area (Å²) in [5.74, 6) is 0.916. The van der Waals surface area contributed by atoms with Crippen LogP contribution >= 0.6 is 0 Å². The van der Waals surface area contributed by atoms with E-state index in [-0.39, 0.29) is 0 Å². The number of rotatable bonds is 4. The van der Waals surface area contributed by atoms with Crippen molar-refractivity contribution in [3.8, 4) is 0 Å². The first-order valence-electron chi connectivity index (χ1n) is 4.25. The number of hydrogen-bond donors (Lipinski definition) is 2. The first-order chi connectivity index (χ1) is 5.86. The summed E-state index contributed by atoms with van der Waals surface area (Å²) in [7, 11) is 0. The zero-order valence-corrected chi connectivity index (χ0v) is 7.38. The molecule has 1 heterocycles. The molecule has 0 saturated heterocycles. The lowest BCUT2D eigenvalue weighted by Crippen LogP contribution is -2.03. The first kappa shape index (κ1) is 9.00. The van der Waals surface area contributed by atoms with E-state index >= 15 is 0 Å². The van der Waals surface area contributed by atoms with E-state index in [1.807, 2.05) is 12.1 Å². The van der Waals surface area contributed by atoms with Crippen LogP contribution in [0.15, 0.2) is 18.3 Å². The Morgan fingerprint density at radius 1 is 1.58 bits per heavy atom. The van der Waals surface area contributed by atoms with Crippen molar-refractivity contribution in [1.82, 2.24) is 4.98 Å². The summed E-state index contributed by atoms with van der Waals surface area (Å²) in [6, 6.07) is 3.91. The second-order valence-electron chi connectivity index (χ2n) is 2.68. The molecule has 0 bridgehead atoms. The zero-order valence-electron chi connectivity index (χ0n) is 7.38. The van der Waals surface area contributed by atoms with Gasteiger partial charge < -0.3 is 11.1 Å². The molecule has 0 aromatic carbocycles. The number of nitrogens with two attached hydrogens (primary N) is 1. The van der Waals surface area contributed by atoms with Crippen molar-refractivity contribution in [3.05, 3.63) is 23.9 Å². The van der Waals surface area contributed by atoms with E-state index in [1.165, 1.54) is 0 Å². The lowest BCUT2D eigenvalue weighted by molar-refractivity contribution is 0.964. The fraction of sp³-hybridized carbons (Fsp3) is 0.444. The van der Waals surface area contributed by atoms with Crippen LogP contribution in [0, 0.1) is 0 Å². The molecule has 0 aliphatic rings. The second-order valence-corrected chi connectivity index (χ2v) is 2.68. The van der Waals surface area contributed by atoms with Crippen LogP contribution < -0.4 is 11.1 Å². The maximum absolute atomic E-state index is 5.49. The van der Waals surface area contributed by atoms with Gasteiger partial charge in [0.15, 0.2) is 0 Å². The molecule has 66 valence electrons. The molecule has 0 unspecified atom stereocenters. The first-order valence-corrected chi connectivity index (χ1v) is 4.25. The summed E-state index contributed by atoms with van der Waals surface area (Å²) >= 11 is 0. The average Bonchev–Trinajstić information content (AvgIpc) is 2.15. The fourth-order valence-electron chi connectivity index (χ4n) is 0.951. The quantitative estimate of drug-likeness (QED) is 0.708. The molecular weight excluding hydrogens is 150 g/mol. The van der Waals surface area contributed by atoms with Gasteiger partial charge in [0.25, 0.3) is 0 Å². The highest BCUT2D eigenvalue weighted by atomic mass is 15.0. The summed E-state index contributed by atoms with van der Waals surface area (Å²) in [6.07, 6.45) is 2.88. The van der Waals surface area contributed by atoms with E-state index in [0.29, 0.717) is 6.54 Å². The summed E-state index contributed by atoms with van der Waals surface area (Å²) in [6.45, 7) is 3.66. The SMILES string of the molecule is CCCNc1cc(CN)ccn1. The summed E-state index contributed by atoms with van der Waals surface area (Å²) in [4.78, 5) is 4.16. The largest absolute Gasteiger partial charge is 0.370 e. The van der Waals surface area contributed by atoms with Gasteiger partial charge in [0.1, 0.15) is 5.82 Å². The van der Waals surface area contributed by atoms with E-state index in [2.05, 4.69) is 17.2 Å². The molecule has 0 radical (unpaired) electrons. The third kappa shape index (κ3) is 2.51. The Hall–Kier alpha value is -1.09. The van der Waals surface area contributed by atoms with E-state index in [4.69, 9.17) is 5.73 Å². The molecule has 0 atom stereocenters. The zero-order chi connectivity index (χ0) is 8.81. The van der Waals surface area contributed by atoms with Crippen LogP contribution in [0.5, 0.6) is 0 Å². The van der Waals surface area contributed by atoms with E-state index < -0.39 is 0 Å². The molecule has 0 saturated carbocycles. The maximum atomic E-state index is 5.49. The Bertz CT molecular complexity index is 235. The molecule has 0 aliphatic heterocycles. The lowest BCUT2D eigenvalue weighted by Gasteiger charge is -2.04. The van der Waals surface area contributed by atoms with E-state index in [0.717, 1.165) is 24.3 Å². The highest BCUT2D eigenvalue weighted by molar-refractivity contribution is 5.37. The number of anilines is 1. The molecular formula is C9H15N3. The van der Waals surface area contributed by atoms with Gasteiger partial charge in [-0.25, -0.2) is 4.98 Å². The average molecular weight is 165 g/mol. The van der Waals surface area contributed by atoms with Gasteiger partial charge in [-0.05, 0) is 24.1 Å². The van der Waals surface area contributed by atoms with Crippen molar-refractivity contribution in [1.29, 1.82) is 0 Å². The van der Waals surface area contributed by atoms with Gasteiger partial charge in [-0.3, -0.25) is 0 Å². The van der Waals surface area contributed by atoms with Crippen molar-refractivity contribution < 1.29 is 0 Å². The normalized spacial score (nSPS) is 9.83. The summed E-state index contributed by atoms with van der Waals surface area (Å²) in [5.41, 5.74) is 6.61. The van der Waals surface area contributed by atoms with Crippen molar-refractivity contribution in [2.45, 2.75) is 19.9 Å². The Morgan fingerprint density at radius 3 is 3.08 bits per heavy atom. The maximum Gasteiger partial charge on any atom is 0.126 e. The van der Waals surface area contributed by atoms with Crippen LogP contribution in [0.25, 0.3) is 0 Å². The van der Waals surface area contributed by atoms with Crippen molar-refractivity contribution in [3.63, 3.8) is 0 Å². The predicted octanol–water partition coefficient (Wildman–Crippen LogP) is 1.36. The van der Waals surface area contributed by atoms with Crippen molar-refractivity contribution in [2.75, 3.05) is 11.9 Å². The predicted molar refractivity (Wildman–Crippen MR) is 50.9 cm³/mol. The third-order valence-electron chi connectivity index (χ3n) is 1.62. The molecule has 0 aliphatic carbocycles. The molecule has 1 aromatic rings. The molecule has 12 heavy (non-hydrogen) atoms. The summed E-state index contributed by atoms with van der Waals surface area (Å²) in [5, 5.41) is 3.20. The van der Waals surface area contributed by atoms with Crippen LogP contribution in [-0.4, -0.2) is 11.5 Å². The van der Waals surface area contributed by atoms with Crippen LogP contribution in [0.1, 0.15) is 18.9 Å². The molecule has 3 N–H and O–H groups in total. The van der Waals surface area contributed by atoms with E-state index in [9.17, 15) is 0 Å². The van der Waals surface area contributed by atoms with Crippen LogP contribution in [0.4, 0.5) is 5.82 Å². The van der Waals surface area contributed by atoms with Gasteiger partial charge in [-0.15, -0.1) is 0 Å². The minimum Gasteiger partial charge on any atom is -0.370 e. The topological polar surface area (TPSA) is 50.9 Å². The molecule has 0 amide bonds. The van der Waals surface area contributed by atoms with Gasteiger partial charge >= 0.3 is 0 Å². The highest BCUT2D eigenvalue weighted by Gasteiger charge is 1.93. The Morgan fingerprint density at radius 2 is 2.42 bits per heavy atom. The monoisotopic (exact) mass is 165 g/mol. The lowest BCUT2D eigenvalue weighted by atomic mass is 10.2. The second kappa shape index (κ2) is 4.72. The molecule has 3 nitrogen and oxygen atoms in total. The Kier molecular flexibility index (Phi) is 3.54. The molecule has 0 spiro atoms. The third-order valence-corrected chi connectivity index (χ3v) is 1.62. The van der Waals surface area contributed by atoms with Crippen LogP contribution in [0.2, 0.25) is 0 Å². The minimum atomic E-state index is 0.573. The standard InChI is InChI=1S/C9H15N3/c1-2-4-11-9-6-8(7-10)3-5-12-9/h3,5-6H,2,4,7,10H2,1H3,(H,11,12). The molecule has 1 rings (SSSR count). The molecule has 3 heteroatoms. The molecule has 0 fully saturated rings. The van der Waals surface area contributed by atoms with Gasteiger partial charge in [0, 0.05) is 19.3 Å². The Balaban J connectivity index is 2.60. The van der Waals surface area contributed by atoms with Crippen LogP contribution in [-0.2, 0) is 6.54 Å². The molecule has 1 aromatic heterocycles. The minimum absolute atomic E-state index is 0.573. The van der Waals surface area contributed by atoms with Gasteiger partial charge in [0.05, 0.1) is 0 Å². The fourth-order valence-corrected chi connectivity index (χ4v) is 0.951. The Labute approximate surface area is 73.0 Å². The smallest absolute Gasteiger partial charge is 0.126 e. The number of pyridine rings is 1. The van der Waals surface area contributed by atoms with Crippen LogP contribution in [0.3, 0.4) is 0 Å². The van der Waals surface area contributed by atoms with Gasteiger partial charge in [-0.2, -0.15) is 0 Å².